The molecule has 5 nitrogen and oxygen atoms in total. The molecule has 0 bridgehead atoms. The number of hydrogen-bond donors (Lipinski definition) is 1. The third-order valence-electron chi connectivity index (χ3n) is 2.52. The molecule has 0 unspecified atom stereocenters. The highest BCUT2D eigenvalue weighted by Crippen LogP contribution is 2.06. The lowest BCUT2D eigenvalue weighted by atomic mass is 10.2. The fourth-order valence-electron chi connectivity index (χ4n) is 1.58. The summed E-state index contributed by atoms with van der Waals surface area (Å²) in [5.41, 5.74) is 6.62. The van der Waals surface area contributed by atoms with Crippen molar-refractivity contribution in [2.24, 2.45) is 5.73 Å². The lowest BCUT2D eigenvalue weighted by Crippen LogP contribution is -2.36. The number of benzene rings is 1. The minimum atomic E-state index is -0.524. The Bertz CT molecular complexity index is 369. The molecule has 1 aliphatic rings. The third kappa shape index (κ3) is 3.26. The second kappa shape index (κ2) is 5.77. The van der Waals surface area contributed by atoms with E-state index in [0.717, 1.165) is 5.56 Å². The zero-order chi connectivity index (χ0) is 12.1. The van der Waals surface area contributed by atoms with Crippen LogP contribution in [0.5, 0.6) is 0 Å². The molecule has 1 aliphatic heterocycles. The van der Waals surface area contributed by atoms with Crippen molar-refractivity contribution < 1.29 is 14.4 Å². The highest BCUT2D eigenvalue weighted by Gasteiger charge is 2.29. The predicted octanol–water partition coefficient (Wildman–Crippen LogP) is 0.304. The lowest BCUT2D eigenvalue weighted by Gasteiger charge is -2.13. The first-order valence-electron chi connectivity index (χ1n) is 5.59. The van der Waals surface area contributed by atoms with E-state index in [2.05, 4.69) is 0 Å². The van der Waals surface area contributed by atoms with Crippen LogP contribution in [-0.4, -0.2) is 36.8 Å². The van der Waals surface area contributed by atoms with Gasteiger partial charge in [-0.1, -0.05) is 30.3 Å². The van der Waals surface area contributed by atoms with Crippen molar-refractivity contribution in [3.63, 3.8) is 0 Å². The van der Waals surface area contributed by atoms with E-state index in [4.69, 9.17) is 15.3 Å². The smallest absolute Gasteiger partial charge is 0.265 e. The fraction of sp³-hybridized carbons (Fsp3) is 0.417. The normalized spacial score (nSPS) is 19.9. The van der Waals surface area contributed by atoms with E-state index in [9.17, 15) is 4.79 Å². The van der Waals surface area contributed by atoms with Gasteiger partial charge < -0.3 is 10.5 Å². The predicted molar refractivity (Wildman–Crippen MR) is 61.7 cm³/mol. The molecule has 1 aromatic carbocycles. The van der Waals surface area contributed by atoms with E-state index in [1.54, 1.807) is 0 Å². The van der Waals surface area contributed by atoms with Gasteiger partial charge in [-0.05, 0) is 5.56 Å². The monoisotopic (exact) mass is 236 g/mol. The van der Waals surface area contributed by atoms with Crippen molar-refractivity contribution >= 4 is 5.91 Å². The number of nitrogens with zero attached hydrogens (tertiary/aromatic N) is 1. The van der Waals surface area contributed by atoms with E-state index in [0.29, 0.717) is 19.8 Å². The van der Waals surface area contributed by atoms with Crippen molar-refractivity contribution in [3.05, 3.63) is 35.9 Å². The summed E-state index contributed by atoms with van der Waals surface area (Å²) < 4.78 is 5.45. The largest absolute Gasteiger partial charge is 0.375 e. The van der Waals surface area contributed by atoms with Gasteiger partial charge in [0.25, 0.3) is 5.91 Å². The van der Waals surface area contributed by atoms with Crippen LogP contribution in [0.1, 0.15) is 5.56 Å². The Morgan fingerprint density at radius 2 is 2.18 bits per heavy atom. The van der Waals surface area contributed by atoms with Crippen LogP contribution in [0.3, 0.4) is 0 Å². The Labute approximate surface area is 100 Å². The Morgan fingerprint density at radius 1 is 1.41 bits per heavy atom. The molecular weight excluding hydrogens is 220 g/mol. The Balaban J connectivity index is 1.65. The van der Waals surface area contributed by atoms with Gasteiger partial charge in [0.15, 0.2) is 0 Å². The second-order valence-electron chi connectivity index (χ2n) is 3.88. The average molecular weight is 236 g/mol. The summed E-state index contributed by atoms with van der Waals surface area (Å²) in [6.07, 6.45) is 0. The zero-order valence-electron chi connectivity index (χ0n) is 9.54. The fourth-order valence-corrected chi connectivity index (χ4v) is 1.58. The van der Waals surface area contributed by atoms with Gasteiger partial charge in [-0.25, -0.2) is 5.06 Å². The highest BCUT2D eigenvalue weighted by molar-refractivity contribution is 5.82. The maximum Gasteiger partial charge on any atom is 0.265 e. The summed E-state index contributed by atoms with van der Waals surface area (Å²) >= 11 is 0. The molecule has 2 rings (SSSR count). The molecule has 1 aromatic rings. The molecule has 0 aromatic heterocycles. The summed E-state index contributed by atoms with van der Waals surface area (Å²) in [5.74, 6) is -0.173. The van der Waals surface area contributed by atoms with E-state index in [1.165, 1.54) is 5.06 Å². The summed E-state index contributed by atoms with van der Waals surface area (Å²) in [4.78, 5) is 16.5. The van der Waals surface area contributed by atoms with Crippen LogP contribution in [0.2, 0.25) is 0 Å². The number of ether oxygens (including phenoxy) is 1. The minimum Gasteiger partial charge on any atom is -0.375 e. The number of hydroxylamine groups is 2. The van der Waals surface area contributed by atoms with Crippen LogP contribution in [-0.2, 0) is 21.0 Å². The molecule has 1 amide bonds. The molecule has 0 aliphatic carbocycles. The van der Waals surface area contributed by atoms with Crippen LogP contribution in [0.4, 0.5) is 0 Å². The molecule has 1 atom stereocenters. The SMILES string of the molecule is N[C@H]1CON(CCOCc2ccccc2)C1=O. The van der Waals surface area contributed by atoms with Crippen LogP contribution in [0.15, 0.2) is 30.3 Å². The molecule has 17 heavy (non-hydrogen) atoms. The Morgan fingerprint density at radius 3 is 2.82 bits per heavy atom. The molecule has 1 saturated heterocycles. The number of carbonyl (C=O) groups excluding carboxylic acids is 1. The zero-order valence-corrected chi connectivity index (χ0v) is 9.54. The molecular formula is C12H16N2O3. The molecule has 0 saturated carbocycles. The van der Waals surface area contributed by atoms with Crippen molar-refractivity contribution in [1.82, 2.24) is 5.06 Å². The van der Waals surface area contributed by atoms with Gasteiger partial charge >= 0.3 is 0 Å². The second-order valence-corrected chi connectivity index (χ2v) is 3.88. The standard InChI is InChI=1S/C12H16N2O3/c13-11-9-17-14(12(11)15)6-7-16-8-10-4-2-1-3-5-10/h1-5,11H,6-9,13H2/t11-/m0/s1. The van der Waals surface area contributed by atoms with Gasteiger partial charge in [-0.2, -0.15) is 0 Å². The first kappa shape index (κ1) is 12.0. The number of carbonyl (C=O) groups is 1. The van der Waals surface area contributed by atoms with Crippen molar-refractivity contribution in [1.29, 1.82) is 0 Å². The van der Waals surface area contributed by atoms with E-state index < -0.39 is 6.04 Å². The van der Waals surface area contributed by atoms with E-state index in [1.807, 2.05) is 30.3 Å². The maximum absolute atomic E-state index is 11.4. The van der Waals surface area contributed by atoms with Crippen LogP contribution >= 0.6 is 0 Å². The Kier molecular flexibility index (Phi) is 4.08. The maximum atomic E-state index is 11.4. The van der Waals surface area contributed by atoms with Gasteiger partial charge in [0.05, 0.1) is 26.4 Å². The number of amides is 1. The van der Waals surface area contributed by atoms with Crippen molar-refractivity contribution in [3.8, 4) is 0 Å². The Hall–Kier alpha value is -1.43. The van der Waals surface area contributed by atoms with Gasteiger partial charge in [0, 0.05) is 0 Å². The number of nitrogens with two attached hydrogens (primary N) is 1. The lowest BCUT2D eigenvalue weighted by molar-refractivity contribution is -0.165. The molecule has 0 spiro atoms. The molecule has 5 heteroatoms. The quantitative estimate of drug-likeness (QED) is 0.747. The van der Waals surface area contributed by atoms with Gasteiger partial charge in [0.2, 0.25) is 0 Å². The van der Waals surface area contributed by atoms with Crippen molar-refractivity contribution in [2.75, 3.05) is 19.8 Å². The first-order valence-corrected chi connectivity index (χ1v) is 5.59. The van der Waals surface area contributed by atoms with Gasteiger partial charge in [-0.15, -0.1) is 0 Å². The topological polar surface area (TPSA) is 64.8 Å². The van der Waals surface area contributed by atoms with Crippen LogP contribution in [0.25, 0.3) is 0 Å². The molecule has 2 N–H and O–H groups in total. The first-order chi connectivity index (χ1) is 8.27. The number of rotatable bonds is 5. The summed E-state index contributed by atoms with van der Waals surface area (Å²) in [6, 6.07) is 9.35. The van der Waals surface area contributed by atoms with Gasteiger partial charge in [0.1, 0.15) is 6.04 Å². The van der Waals surface area contributed by atoms with E-state index >= 15 is 0 Å². The van der Waals surface area contributed by atoms with Crippen LogP contribution in [0, 0.1) is 0 Å². The van der Waals surface area contributed by atoms with Crippen LogP contribution < -0.4 is 5.73 Å². The van der Waals surface area contributed by atoms with E-state index in [-0.39, 0.29) is 12.5 Å². The highest BCUT2D eigenvalue weighted by atomic mass is 16.7. The summed E-state index contributed by atoms with van der Waals surface area (Å²) in [5, 5.41) is 1.27. The average Bonchev–Trinajstić information content (AvgIpc) is 2.67. The molecule has 1 heterocycles. The minimum absolute atomic E-state index is 0.173. The molecule has 0 radical (unpaired) electrons. The molecule has 92 valence electrons. The molecule has 1 fully saturated rings. The third-order valence-corrected chi connectivity index (χ3v) is 2.52. The van der Waals surface area contributed by atoms with Gasteiger partial charge in [-0.3, -0.25) is 9.63 Å². The van der Waals surface area contributed by atoms with Crippen molar-refractivity contribution in [2.45, 2.75) is 12.6 Å². The summed E-state index contributed by atoms with van der Waals surface area (Å²) in [7, 11) is 0. The number of hydrogen-bond acceptors (Lipinski definition) is 4. The summed E-state index contributed by atoms with van der Waals surface area (Å²) in [6.45, 7) is 1.65.